The van der Waals surface area contributed by atoms with Crippen LogP contribution in [0.2, 0.25) is 5.02 Å². The first-order chi connectivity index (χ1) is 15.3. The topological polar surface area (TPSA) is 107 Å². The van der Waals surface area contributed by atoms with Gasteiger partial charge in [0.15, 0.2) is 5.16 Å². The summed E-state index contributed by atoms with van der Waals surface area (Å²) in [6, 6.07) is 14.8. The number of thioether (sulfide) groups is 1. The number of thiophene rings is 1. The van der Waals surface area contributed by atoms with Crippen LogP contribution in [-0.4, -0.2) is 20.4 Å². The maximum absolute atomic E-state index is 13.2. The van der Waals surface area contributed by atoms with Crippen LogP contribution in [0.4, 0.5) is 11.4 Å². The standard InChI is InChI=1S/C21H15ClN4O4S2/c1-25-20(28)18-15(9-10-31-18)24-21(25)32-17(12-5-3-2-4-6-12)19(27)23-13-7-8-14(22)16(11-13)26(29)30/h2-11,17H,1H3,(H,23,27). The van der Waals surface area contributed by atoms with E-state index in [0.717, 1.165) is 11.8 Å². The summed E-state index contributed by atoms with van der Waals surface area (Å²) < 4.78 is 1.96. The molecule has 0 radical (unpaired) electrons. The number of amides is 1. The summed E-state index contributed by atoms with van der Waals surface area (Å²) in [7, 11) is 1.61. The molecule has 2 aromatic heterocycles. The van der Waals surface area contributed by atoms with Gasteiger partial charge in [0.25, 0.3) is 11.2 Å². The van der Waals surface area contributed by atoms with E-state index in [1.165, 1.54) is 34.1 Å². The monoisotopic (exact) mass is 486 g/mol. The van der Waals surface area contributed by atoms with Crippen LogP contribution in [0.25, 0.3) is 10.2 Å². The van der Waals surface area contributed by atoms with E-state index >= 15 is 0 Å². The lowest BCUT2D eigenvalue weighted by Gasteiger charge is -2.18. The Bertz CT molecular complexity index is 1390. The Balaban J connectivity index is 1.70. The van der Waals surface area contributed by atoms with Crippen molar-refractivity contribution in [3.8, 4) is 0 Å². The van der Waals surface area contributed by atoms with Crippen LogP contribution >= 0.6 is 34.7 Å². The Morgan fingerprint density at radius 3 is 2.72 bits per heavy atom. The maximum atomic E-state index is 13.2. The van der Waals surface area contributed by atoms with Crippen molar-refractivity contribution in [1.82, 2.24) is 9.55 Å². The maximum Gasteiger partial charge on any atom is 0.289 e. The van der Waals surface area contributed by atoms with Crippen molar-refractivity contribution in [2.45, 2.75) is 10.4 Å². The van der Waals surface area contributed by atoms with Crippen LogP contribution in [0.5, 0.6) is 0 Å². The first kappa shape index (κ1) is 22.0. The number of halogens is 1. The molecule has 0 saturated carbocycles. The van der Waals surface area contributed by atoms with Crippen LogP contribution in [0, 0.1) is 10.1 Å². The summed E-state index contributed by atoms with van der Waals surface area (Å²) in [6.07, 6.45) is 0. The van der Waals surface area contributed by atoms with E-state index in [9.17, 15) is 19.7 Å². The highest BCUT2D eigenvalue weighted by molar-refractivity contribution is 8.00. The average Bonchev–Trinajstić information content (AvgIpc) is 3.25. The fraction of sp³-hybridized carbons (Fsp3) is 0.0952. The second kappa shape index (κ2) is 9.11. The Morgan fingerprint density at radius 1 is 1.25 bits per heavy atom. The van der Waals surface area contributed by atoms with Crippen molar-refractivity contribution in [2.24, 2.45) is 7.05 Å². The fourth-order valence-corrected chi connectivity index (χ4v) is 5.07. The molecular formula is C21H15ClN4O4S2. The highest BCUT2D eigenvalue weighted by Gasteiger charge is 2.25. The summed E-state index contributed by atoms with van der Waals surface area (Å²) in [4.78, 5) is 41.0. The number of rotatable bonds is 6. The molecule has 2 aromatic carbocycles. The molecule has 0 aliphatic rings. The molecule has 4 aromatic rings. The molecule has 32 heavy (non-hydrogen) atoms. The number of nitrogens with one attached hydrogen (secondary N) is 1. The number of carbonyl (C=O) groups is 1. The van der Waals surface area contributed by atoms with E-state index in [2.05, 4.69) is 10.3 Å². The number of fused-ring (bicyclic) bond motifs is 1. The van der Waals surface area contributed by atoms with Crippen LogP contribution in [0.15, 0.2) is 69.9 Å². The molecule has 162 valence electrons. The van der Waals surface area contributed by atoms with E-state index < -0.39 is 16.1 Å². The molecule has 1 unspecified atom stereocenters. The zero-order chi connectivity index (χ0) is 22.8. The summed E-state index contributed by atoms with van der Waals surface area (Å²) >= 11 is 8.31. The van der Waals surface area contributed by atoms with Gasteiger partial charge in [0.05, 0.1) is 10.4 Å². The zero-order valence-corrected chi connectivity index (χ0v) is 18.9. The molecule has 0 bridgehead atoms. The van der Waals surface area contributed by atoms with E-state index in [4.69, 9.17) is 11.6 Å². The quantitative estimate of drug-likeness (QED) is 0.177. The number of hydrogen-bond acceptors (Lipinski definition) is 7. The van der Waals surface area contributed by atoms with Crippen molar-refractivity contribution >= 4 is 62.2 Å². The first-order valence-corrected chi connectivity index (χ1v) is 11.4. The highest BCUT2D eigenvalue weighted by Crippen LogP contribution is 2.36. The van der Waals surface area contributed by atoms with Gasteiger partial charge in [-0.05, 0) is 29.1 Å². The molecular weight excluding hydrogens is 472 g/mol. The average molecular weight is 487 g/mol. The number of nitro groups is 1. The number of carbonyl (C=O) groups excluding carboxylic acids is 1. The molecule has 1 atom stereocenters. The molecule has 1 amide bonds. The molecule has 4 rings (SSSR count). The van der Waals surface area contributed by atoms with Gasteiger partial charge in [-0.3, -0.25) is 24.3 Å². The molecule has 11 heteroatoms. The van der Waals surface area contributed by atoms with Crippen LogP contribution < -0.4 is 10.9 Å². The molecule has 0 aliphatic heterocycles. The fourth-order valence-electron chi connectivity index (χ4n) is 3.02. The van der Waals surface area contributed by atoms with Crippen LogP contribution in [0.3, 0.4) is 0 Å². The van der Waals surface area contributed by atoms with Crippen molar-refractivity contribution in [3.63, 3.8) is 0 Å². The molecule has 1 N–H and O–H groups in total. The number of benzene rings is 2. The molecule has 8 nitrogen and oxygen atoms in total. The highest BCUT2D eigenvalue weighted by atomic mass is 35.5. The van der Waals surface area contributed by atoms with Crippen molar-refractivity contribution in [3.05, 3.63) is 91.0 Å². The van der Waals surface area contributed by atoms with Gasteiger partial charge >= 0.3 is 0 Å². The van der Waals surface area contributed by atoms with Gasteiger partial charge < -0.3 is 5.32 Å². The summed E-state index contributed by atoms with van der Waals surface area (Å²) in [5.41, 5.74) is 1.01. The van der Waals surface area contributed by atoms with Gasteiger partial charge in [-0.15, -0.1) is 11.3 Å². The van der Waals surface area contributed by atoms with Crippen LogP contribution in [-0.2, 0) is 11.8 Å². The SMILES string of the molecule is Cn1c(SC(C(=O)Nc2ccc(Cl)c([N+](=O)[O-])c2)c2ccccc2)nc2ccsc2c1=O. The second-order valence-corrected chi connectivity index (χ2v) is 9.11. The van der Waals surface area contributed by atoms with E-state index in [1.54, 1.807) is 42.8 Å². The summed E-state index contributed by atoms with van der Waals surface area (Å²) in [5, 5.41) is 15.3. The lowest BCUT2D eigenvalue weighted by Crippen LogP contribution is -2.23. The van der Waals surface area contributed by atoms with E-state index in [-0.39, 0.29) is 22.0 Å². The smallest absolute Gasteiger partial charge is 0.289 e. The number of nitro benzene ring substituents is 1. The minimum absolute atomic E-state index is 0.0229. The molecule has 0 saturated heterocycles. The van der Waals surface area contributed by atoms with Crippen LogP contribution in [0.1, 0.15) is 10.8 Å². The number of aromatic nitrogens is 2. The molecule has 0 spiro atoms. The summed E-state index contributed by atoms with van der Waals surface area (Å²) in [5.74, 6) is -0.419. The first-order valence-electron chi connectivity index (χ1n) is 9.26. The largest absolute Gasteiger partial charge is 0.325 e. The lowest BCUT2D eigenvalue weighted by molar-refractivity contribution is -0.384. The lowest BCUT2D eigenvalue weighted by atomic mass is 10.1. The molecule has 0 aliphatic carbocycles. The van der Waals surface area contributed by atoms with Gasteiger partial charge in [0.2, 0.25) is 5.91 Å². The third-order valence-corrected chi connectivity index (χ3v) is 7.13. The second-order valence-electron chi connectivity index (χ2n) is 6.71. The Hall–Kier alpha value is -3.21. The van der Waals surface area contributed by atoms with Gasteiger partial charge in [-0.1, -0.05) is 53.7 Å². The van der Waals surface area contributed by atoms with E-state index in [0.29, 0.717) is 20.9 Å². The summed E-state index contributed by atoms with van der Waals surface area (Å²) in [6.45, 7) is 0. The van der Waals surface area contributed by atoms with Gasteiger partial charge in [0.1, 0.15) is 15.0 Å². The van der Waals surface area contributed by atoms with Crippen molar-refractivity contribution < 1.29 is 9.72 Å². The van der Waals surface area contributed by atoms with Crippen molar-refractivity contribution in [2.75, 3.05) is 5.32 Å². The van der Waals surface area contributed by atoms with E-state index in [1.807, 2.05) is 6.07 Å². The molecule has 2 heterocycles. The minimum Gasteiger partial charge on any atom is -0.325 e. The molecule has 0 fully saturated rings. The third-order valence-electron chi connectivity index (χ3n) is 4.62. The third kappa shape index (κ3) is 4.38. The minimum atomic E-state index is -0.764. The Labute approximate surface area is 195 Å². The normalized spacial score (nSPS) is 11.9. The predicted molar refractivity (Wildman–Crippen MR) is 127 cm³/mol. The number of anilines is 1. The van der Waals surface area contributed by atoms with Gasteiger partial charge in [-0.25, -0.2) is 4.98 Å². The van der Waals surface area contributed by atoms with Gasteiger partial charge in [0, 0.05) is 18.8 Å². The number of nitrogens with zero attached hydrogens (tertiary/aromatic N) is 3. The van der Waals surface area contributed by atoms with Gasteiger partial charge in [-0.2, -0.15) is 0 Å². The number of hydrogen-bond donors (Lipinski definition) is 1. The zero-order valence-electron chi connectivity index (χ0n) is 16.5. The Kier molecular flexibility index (Phi) is 6.26. The predicted octanol–water partition coefficient (Wildman–Crippen LogP) is 5.03. The van der Waals surface area contributed by atoms with Crippen molar-refractivity contribution in [1.29, 1.82) is 0 Å². The Morgan fingerprint density at radius 2 is 2.00 bits per heavy atom.